The number of nitrogens with one attached hydrogen (secondary N) is 2. The number of rotatable bonds is 4. The van der Waals surface area contributed by atoms with Crippen LogP contribution < -0.4 is 15.4 Å². The number of piperidine rings is 1. The zero-order valence-corrected chi connectivity index (χ0v) is 13.5. The van der Waals surface area contributed by atoms with Crippen molar-refractivity contribution in [2.45, 2.75) is 50.3 Å². The van der Waals surface area contributed by atoms with Crippen LogP contribution in [0.15, 0.2) is 24.3 Å². The van der Waals surface area contributed by atoms with Gasteiger partial charge < -0.3 is 20.3 Å². The Bertz CT molecular complexity index is 540. The van der Waals surface area contributed by atoms with E-state index in [1.807, 2.05) is 18.2 Å². The molecule has 1 aromatic rings. The molecule has 0 radical (unpaired) electrons. The van der Waals surface area contributed by atoms with E-state index in [4.69, 9.17) is 4.74 Å². The van der Waals surface area contributed by atoms with Crippen molar-refractivity contribution < 1.29 is 9.53 Å². The Morgan fingerprint density at radius 2 is 1.96 bits per heavy atom. The number of carbonyl (C=O) groups is 1. The van der Waals surface area contributed by atoms with Crippen LogP contribution in [0.1, 0.15) is 31.2 Å². The molecule has 2 heterocycles. The average Bonchev–Trinajstić information content (AvgIpc) is 3.33. The molecule has 23 heavy (non-hydrogen) atoms. The maximum Gasteiger partial charge on any atom is 0.315 e. The van der Waals surface area contributed by atoms with Crippen molar-refractivity contribution >= 4 is 6.03 Å². The quantitative estimate of drug-likeness (QED) is 0.892. The molecular formula is C18H25N3O2. The van der Waals surface area contributed by atoms with Crippen LogP contribution in [0.25, 0.3) is 0 Å². The Hall–Kier alpha value is -1.75. The minimum absolute atomic E-state index is 0.0508. The molecule has 1 atom stereocenters. The SMILES string of the molecule is O=C(NCC1Cc2ccccc2O1)NC1CCN(C2CC2)CC1. The number of likely N-dealkylation sites (tertiary alicyclic amines) is 1. The molecular weight excluding hydrogens is 290 g/mol. The molecule has 4 rings (SSSR count). The second kappa shape index (κ2) is 6.40. The molecule has 0 bridgehead atoms. The molecule has 1 saturated heterocycles. The monoisotopic (exact) mass is 315 g/mol. The molecule has 2 fully saturated rings. The van der Waals surface area contributed by atoms with E-state index in [9.17, 15) is 4.79 Å². The molecule has 3 aliphatic rings. The predicted molar refractivity (Wildman–Crippen MR) is 88.7 cm³/mol. The highest BCUT2D eigenvalue weighted by Gasteiger charge is 2.32. The lowest BCUT2D eigenvalue weighted by atomic mass is 10.1. The van der Waals surface area contributed by atoms with Gasteiger partial charge in [-0.05, 0) is 37.3 Å². The van der Waals surface area contributed by atoms with Crippen molar-refractivity contribution in [2.75, 3.05) is 19.6 Å². The minimum Gasteiger partial charge on any atom is -0.488 e. The Balaban J connectivity index is 1.17. The van der Waals surface area contributed by atoms with Gasteiger partial charge in [-0.1, -0.05) is 18.2 Å². The van der Waals surface area contributed by atoms with E-state index in [0.717, 1.165) is 44.1 Å². The molecule has 0 spiro atoms. The lowest BCUT2D eigenvalue weighted by Gasteiger charge is -2.32. The van der Waals surface area contributed by atoms with Gasteiger partial charge in [0.05, 0.1) is 6.54 Å². The zero-order valence-electron chi connectivity index (χ0n) is 13.5. The molecule has 1 aromatic carbocycles. The van der Waals surface area contributed by atoms with Crippen molar-refractivity contribution in [2.24, 2.45) is 0 Å². The molecule has 2 amide bonds. The van der Waals surface area contributed by atoms with Crippen LogP contribution in [-0.2, 0) is 6.42 Å². The summed E-state index contributed by atoms with van der Waals surface area (Å²) < 4.78 is 5.85. The van der Waals surface area contributed by atoms with E-state index in [1.165, 1.54) is 18.4 Å². The zero-order chi connectivity index (χ0) is 15.6. The first-order chi connectivity index (χ1) is 11.3. The number of benzene rings is 1. The normalized spacial score (nSPS) is 24.8. The topological polar surface area (TPSA) is 53.6 Å². The van der Waals surface area contributed by atoms with Crippen molar-refractivity contribution in [3.63, 3.8) is 0 Å². The van der Waals surface area contributed by atoms with Gasteiger partial charge in [0.1, 0.15) is 11.9 Å². The van der Waals surface area contributed by atoms with Gasteiger partial charge in [-0.2, -0.15) is 0 Å². The highest BCUT2D eigenvalue weighted by molar-refractivity contribution is 5.74. The van der Waals surface area contributed by atoms with Crippen molar-refractivity contribution in [1.82, 2.24) is 15.5 Å². The van der Waals surface area contributed by atoms with Crippen LogP contribution in [0.3, 0.4) is 0 Å². The molecule has 0 aromatic heterocycles. The number of nitrogens with zero attached hydrogens (tertiary/aromatic N) is 1. The lowest BCUT2D eigenvalue weighted by molar-refractivity contribution is 0.182. The molecule has 1 unspecified atom stereocenters. The Labute approximate surface area is 137 Å². The highest BCUT2D eigenvalue weighted by Crippen LogP contribution is 2.29. The number of ether oxygens (including phenoxy) is 1. The van der Waals surface area contributed by atoms with E-state index in [0.29, 0.717) is 12.6 Å². The van der Waals surface area contributed by atoms with Crippen molar-refractivity contribution in [1.29, 1.82) is 0 Å². The van der Waals surface area contributed by atoms with Crippen LogP contribution in [-0.4, -0.2) is 48.8 Å². The first-order valence-corrected chi connectivity index (χ1v) is 8.81. The fourth-order valence-electron chi connectivity index (χ4n) is 3.66. The van der Waals surface area contributed by atoms with Gasteiger partial charge in [-0.15, -0.1) is 0 Å². The van der Waals surface area contributed by atoms with Gasteiger partial charge >= 0.3 is 6.03 Å². The fourth-order valence-corrected chi connectivity index (χ4v) is 3.66. The van der Waals surface area contributed by atoms with E-state index in [1.54, 1.807) is 0 Å². The Morgan fingerprint density at radius 3 is 2.70 bits per heavy atom. The van der Waals surface area contributed by atoms with Gasteiger partial charge in [0.25, 0.3) is 0 Å². The Morgan fingerprint density at radius 1 is 1.17 bits per heavy atom. The average molecular weight is 315 g/mol. The molecule has 124 valence electrons. The van der Waals surface area contributed by atoms with Crippen molar-refractivity contribution in [3.8, 4) is 5.75 Å². The summed E-state index contributed by atoms with van der Waals surface area (Å²) in [6.45, 7) is 2.80. The molecule has 2 aliphatic heterocycles. The Kier molecular flexibility index (Phi) is 4.12. The maximum absolute atomic E-state index is 12.1. The number of amides is 2. The largest absolute Gasteiger partial charge is 0.488 e. The van der Waals surface area contributed by atoms with E-state index in [2.05, 4.69) is 21.6 Å². The minimum atomic E-state index is -0.0607. The number of carbonyl (C=O) groups excluding carboxylic acids is 1. The number of urea groups is 1. The maximum atomic E-state index is 12.1. The van der Waals surface area contributed by atoms with E-state index >= 15 is 0 Å². The third-order valence-electron chi connectivity index (χ3n) is 5.13. The summed E-state index contributed by atoms with van der Waals surface area (Å²) in [6.07, 6.45) is 5.78. The van der Waals surface area contributed by atoms with Crippen LogP contribution in [0.2, 0.25) is 0 Å². The number of hydrogen-bond acceptors (Lipinski definition) is 3. The lowest BCUT2D eigenvalue weighted by Crippen LogP contribution is -2.49. The van der Waals surface area contributed by atoms with Gasteiger partial charge in [0.15, 0.2) is 0 Å². The number of para-hydroxylation sites is 1. The molecule has 2 N–H and O–H groups in total. The predicted octanol–water partition coefficient (Wildman–Crippen LogP) is 1.92. The molecule has 1 saturated carbocycles. The third-order valence-corrected chi connectivity index (χ3v) is 5.13. The van der Waals surface area contributed by atoms with E-state index < -0.39 is 0 Å². The summed E-state index contributed by atoms with van der Waals surface area (Å²) in [5, 5.41) is 6.08. The summed E-state index contributed by atoms with van der Waals surface area (Å²) in [5.41, 5.74) is 1.23. The fraction of sp³-hybridized carbons (Fsp3) is 0.611. The molecule has 5 heteroatoms. The number of fused-ring (bicyclic) bond motifs is 1. The van der Waals surface area contributed by atoms with Gasteiger partial charge in [0, 0.05) is 31.6 Å². The number of hydrogen-bond donors (Lipinski definition) is 2. The summed E-state index contributed by atoms with van der Waals surface area (Å²) in [4.78, 5) is 14.6. The van der Waals surface area contributed by atoms with Crippen molar-refractivity contribution in [3.05, 3.63) is 29.8 Å². The molecule has 1 aliphatic carbocycles. The van der Waals surface area contributed by atoms with Gasteiger partial charge in [-0.25, -0.2) is 4.79 Å². The van der Waals surface area contributed by atoms with Gasteiger partial charge in [-0.3, -0.25) is 0 Å². The van der Waals surface area contributed by atoms with Crippen LogP contribution >= 0.6 is 0 Å². The molecule has 5 nitrogen and oxygen atoms in total. The standard InChI is InChI=1S/C18H25N3O2/c22-18(20-14-7-9-21(10-8-14)15-5-6-15)19-12-16-11-13-3-1-2-4-17(13)23-16/h1-4,14-16H,5-12H2,(H2,19,20,22). The van der Waals surface area contributed by atoms with Gasteiger partial charge in [0.2, 0.25) is 0 Å². The smallest absolute Gasteiger partial charge is 0.315 e. The van der Waals surface area contributed by atoms with Crippen LogP contribution in [0.4, 0.5) is 4.79 Å². The summed E-state index contributed by atoms with van der Waals surface area (Å²) >= 11 is 0. The summed E-state index contributed by atoms with van der Waals surface area (Å²) in [5.74, 6) is 0.951. The van der Waals surface area contributed by atoms with Crippen LogP contribution in [0.5, 0.6) is 5.75 Å². The summed E-state index contributed by atoms with van der Waals surface area (Å²) in [7, 11) is 0. The summed E-state index contributed by atoms with van der Waals surface area (Å²) in [6, 6.07) is 9.17. The third kappa shape index (κ3) is 3.61. The first kappa shape index (κ1) is 14.8. The highest BCUT2D eigenvalue weighted by atomic mass is 16.5. The second-order valence-corrected chi connectivity index (χ2v) is 6.95. The second-order valence-electron chi connectivity index (χ2n) is 6.95. The van der Waals surface area contributed by atoms with E-state index in [-0.39, 0.29) is 12.1 Å². The first-order valence-electron chi connectivity index (χ1n) is 8.81. The van der Waals surface area contributed by atoms with Crippen LogP contribution in [0, 0.1) is 0 Å².